The molecule has 0 saturated heterocycles. The quantitative estimate of drug-likeness (QED) is 0.687. The van der Waals surface area contributed by atoms with Gasteiger partial charge in [0.25, 0.3) is 0 Å². The van der Waals surface area contributed by atoms with E-state index in [1.165, 1.54) is 0 Å². The highest BCUT2D eigenvalue weighted by atomic mass is 16.2. The van der Waals surface area contributed by atoms with Crippen molar-refractivity contribution in [3.05, 3.63) is 30.1 Å². The number of likely N-dealkylation sites (N-methyl/N-ethyl adjacent to an activating group) is 1. The minimum atomic E-state index is 0.300. The van der Waals surface area contributed by atoms with Crippen molar-refractivity contribution >= 4 is 0 Å². The number of unbranched alkanes of at least 4 members (excludes halogenated alkanes) is 1. The van der Waals surface area contributed by atoms with Gasteiger partial charge in [0.15, 0.2) is 0 Å². The Labute approximate surface area is 91.8 Å². The fourth-order valence-corrected chi connectivity index (χ4v) is 1.46. The standard InChI is InChI=1S/C12H20N2O/c1-14(9-4-5-11-15)10-7-12-6-2-3-8-13-12/h2-3,6,8,15H,4-5,7,9-11H2,1H3. The van der Waals surface area contributed by atoms with Crippen molar-refractivity contribution in [2.24, 2.45) is 0 Å². The van der Waals surface area contributed by atoms with Gasteiger partial charge in [-0.1, -0.05) is 6.07 Å². The number of aromatic nitrogens is 1. The molecule has 0 bridgehead atoms. The van der Waals surface area contributed by atoms with Crippen LogP contribution in [0.25, 0.3) is 0 Å². The molecule has 15 heavy (non-hydrogen) atoms. The molecule has 0 radical (unpaired) electrons. The second-order valence-corrected chi connectivity index (χ2v) is 3.81. The predicted molar refractivity (Wildman–Crippen MR) is 61.8 cm³/mol. The zero-order valence-electron chi connectivity index (χ0n) is 9.39. The molecule has 0 fully saturated rings. The Bertz CT molecular complexity index is 251. The van der Waals surface area contributed by atoms with Gasteiger partial charge in [-0.2, -0.15) is 0 Å². The van der Waals surface area contributed by atoms with Crippen LogP contribution >= 0.6 is 0 Å². The predicted octanol–water partition coefficient (Wildman–Crippen LogP) is 1.33. The van der Waals surface area contributed by atoms with Crippen LogP contribution < -0.4 is 0 Å². The highest BCUT2D eigenvalue weighted by Gasteiger charge is 1.99. The SMILES string of the molecule is CN(CCCCO)CCc1ccccn1. The minimum Gasteiger partial charge on any atom is -0.396 e. The number of rotatable bonds is 7. The molecule has 0 aliphatic heterocycles. The highest BCUT2D eigenvalue weighted by molar-refractivity contribution is 5.03. The first-order valence-corrected chi connectivity index (χ1v) is 5.52. The van der Waals surface area contributed by atoms with Crippen LogP contribution in [-0.4, -0.2) is 41.7 Å². The zero-order valence-corrected chi connectivity index (χ0v) is 9.39. The summed E-state index contributed by atoms with van der Waals surface area (Å²) in [6.07, 6.45) is 4.79. The third kappa shape index (κ3) is 5.50. The summed E-state index contributed by atoms with van der Waals surface area (Å²) in [6.45, 7) is 2.38. The molecular formula is C12H20N2O. The molecule has 0 aliphatic rings. The smallest absolute Gasteiger partial charge is 0.0431 e. The molecule has 0 atom stereocenters. The molecule has 1 aromatic rings. The first kappa shape index (κ1) is 12.1. The lowest BCUT2D eigenvalue weighted by Crippen LogP contribution is -2.22. The number of aliphatic hydroxyl groups is 1. The Morgan fingerprint density at radius 1 is 1.27 bits per heavy atom. The monoisotopic (exact) mass is 208 g/mol. The molecule has 0 amide bonds. The van der Waals surface area contributed by atoms with Crippen LogP contribution in [0.4, 0.5) is 0 Å². The Balaban J connectivity index is 2.14. The second kappa shape index (κ2) is 7.37. The minimum absolute atomic E-state index is 0.300. The summed E-state index contributed by atoms with van der Waals surface area (Å²) in [7, 11) is 2.11. The summed E-state index contributed by atoms with van der Waals surface area (Å²) in [5.74, 6) is 0. The number of pyridine rings is 1. The van der Waals surface area contributed by atoms with Crippen molar-refractivity contribution in [2.75, 3.05) is 26.7 Å². The second-order valence-electron chi connectivity index (χ2n) is 3.81. The van der Waals surface area contributed by atoms with Gasteiger partial charge in [0.2, 0.25) is 0 Å². The Morgan fingerprint density at radius 2 is 2.13 bits per heavy atom. The molecule has 84 valence electrons. The van der Waals surface area contributed by atoms with E-state index in [1.807, 2.05) is 18.3 Å². The average molecular weight is 208 g/mol. The molecule has 3 heteroatoms. The topological polar surface area (TPSA) is 36.4 Å². The van der Waals surface area contributed by atoms with Crippen LogP contribution in [-0.2, 0) is 6.42 Å². The van der Waals surface area contributed by atoms with Gasteiger partial charge in [0, 0.05) is 31.5 Å². The molecule has 0 saturated carbocycles. The van der Waals surface area contributed by atoms with E-state index in [1.54, 1.807) is 0 Å². The third-order valence-electron chi connectivity index (χ3n) is 2.42. The summed E-state index contributed by atoms with van der Waals surface area (Å²) in [5.41, 5.74) is 1.14. The van der Waals surface area contributed by atoms with E-state index < -0.39 is 0 Å². The van der Waals surface area contributed by atoms with E-state index in [0.717, 1.165) is 38.0 Å². The van der Waals surface area contributed by atoms with E-state index in [2.05, 4.69) is 23.0 Å². The van der Waals surface area contributed by atoms with Crippen molar-refractivity contribution < 1.29 is 5.11 Å². The van der Waals surface area contributed by atoms with E-state index >= 15 is 0 Å². The van der Waals surface area contributed by atoms with Crippen molar-refractivity contribution in [1.29, 1.82) is 0 Å². The first-order chi connectivity index (χ1) is 7.33. The normalized spacial score (nSPS) is 10.9. The van der Waals surface area contributed by atoms with Crippen molar-refractivity contribution in [3.8, 4) is 0 Å². The average Bonchev–Trinajstić information content (AvgIpc) is 2.28. The third-order valence-corrected chi connectivity index (χ3v) is 2.42. The van der Waals surface area contributed by atoms with Gasteiger partial charge in [-0.3, -0.25) is 4.98 Å². The maximum atomic E-state index is 8.66. The van der Waals surface area contributed by atoms with Crippen molar-refractivity contribution in [2.45, 2.75) is 19.3 Å². The molecule has 1 heterocycles. The summed E-state index contributed by atoms with van der Waals surface area (Å²) >= 11 is 0. The van der Waals surface area contributed by atoms with Gasteiger partial charge in [0.1, 0.15) is 0 Å². The summed E-state index contributed by atoms with van der Waals surface area (Å²) in [5, 5.41) is 8.66. The maximum Gasteiger partial charge on any atom is 0.0431 e. The molecule has 1 N–H and O–H groups in total. The van der Waals surface area contributed by atoms with Crippen LogP contribution in [0, 0.1) is 0 Å². The number of nitrogens with zero attached hydrogens (tertiary/aromatic N) is 2. The van der Waals surface area contributed by atoms with E-state index in [9.17, 15) is 0 Å². The van der Waals surface area contributed by atoms with Gasteiger partial charge in [-0.15, -0.1) is 0 Å². The van der Waals surface area contributed by atoms with Crippen LogP contribution in [0.5, 0.6) is 0 Å². The molecule has 1 rings (SSSR count). The highest BCUT2D eigenvalue weighted by Crippen LogP contribution is 1.98. The largest absolute Gasteiger partial charge is 0.396 e. The van der Waals surface area contributed by atoms with Crippen LogP contribution in [0.3, 0.4) is 0 Å². The van der Waals surface area contributed by atoms with E-state index in [4.69, 9.17) is 5.11 Å². The lowest BCUT2D eigenvalue weighted by molar-refractivity contribution is 0.264. The van der Waals surface area contributed by atoms with Gasteiger partial charge >= 0.3 is 0 Å². The van der Waals surface area contributed by atoms with Crippen LogP contribution in [0.15, 0.2) is 24.4 Å². The van der Waals surface area contributed by atoms with E-state index in [0.29, 0.717) is 6.61 Å². The van der Waals surface area contributed by atoms with Gasteiger partial charge in [-0.25, -0.2) is 0 Å². The van der Waals surface area contributed by atoms with Crippen molar-refractivity contribution in [3.63, 3.8) is 0 Å². The van der Waals surface area contributed by atoms with Crippen LogP contribution in [0.1, 0.15) is 18.5 Å². The fraction of sp³-hybridized carbons (Fsp3) is 0.583. The molecular weight excluding hydrogens is 188 g/mol. The van der Waals surface area contributed by atoms with Crippen LogP contribution in [0.2, 0.25) is 0 Å². The maximum absolute atomic E-state index is 8.66. The number of hydrogen-bond acceptors (Lipinski definition) is 3. The summed E-state index contributed by atoms with van der Waals surface area (Å²) in [4.78, 5) is 6.56. The fourth-order valence-electron chi connectivity index (χ4n) is 1.46. The first-order valence-electron chi connectivity index (χ1n) is 5.52. The van der Waals surface area contributed by atoms with Crippen molar-refractivity contribution in [1.82, 2.24) is 9.88 Å². The Hall–Kier alpha value is -0.930. The lowest BCUT2D eigenvalue weighted by Gasteiger charge is -2.15. The molecule has 0 unspecified atom stereocenters. The van der Waals surface area contributed by atoms with Gasteiger partial charge in [-0.05, 0) is 38.6 Å². The van der Waals surface area contributed by atoms with Gasteiger partial charge < -0.3 is 10.0 Å². The van der Waals surface area contributed by atoms with E-state index in [-0.39, 0.29) is 0 Å². The summed E-state index contributed by atoms with van der Waals surface area (Å²) < 4.78 is 0. The lowest BCUT2D eigenvalue weighted by atomic mass is 10.2. The molecule has 1 aromatic heterocycles. The molecule has 0 aromatic carbocycles. The molecule has 3 nitrogen and oxygen atoms in total. The molecule has 0 aliphatic carbocycles. The number of hydrogen-bond donors (Lipinski definition) is 1. The van der Waals surface area contributed by atoms with Gasteiger partial charge in [0.05, 0.1) is 0 Å². The zero-order chi connectivity index (χ0) is 10.9. The Kier molecular flexibility index (Phi) is 5.97. The molecule has 0 spiro atoms. The summed E-state index contributed by atoms with van der Waals surface area (Å²) in [6, 6.07) is 6.02. The number of aliphatic hydroxyl groups excluding tert-OH is 1. The Morgan fingerprint density at radius 3 is 2.80 bits per heavy atom.